The van der Waals surface area contributed by atoms with Gasteiger partial charge in [0.05, 0.1) is 0 Å². The minimum absolute atomic E-state index is 0.0541. The average Bonchev–Trinajstić information content (AvgIpc) is 3.29. The maximum Gasteiger partial charge on any atom is 0.428 e. The van der Waals surface area contributed by atoms with E-state index in [0.717, 1.165) is 31.6 Å². The third kappa shape index (κ3) is 4.75. The van der Waals surface area contributed by atoms with Gasteiger partial charge in [0.1, 0.15) is 5.71 Å². The van der Waals surface area contributed by atoms with Gasteiger partial charge in [0.25, 0.3) is 5.91 Å². The van der Waals surface area contributed by atoms with Crippen molar-refractivity contribution in [1.82, 2.24) is 25.5 Å². The molecule has 1 spiro atoms. The molecule has 0 radical (unpaired) electrons. The lowest BCUT2D eigenvalue weighted by Crippen LogP contribution is -2.53. The molecule has 2 amide bonds. The molecule has 11 heteroatoms. The number of nitrogens with zero attached hydrogens (tertiary/aromatic N) is 4. The molecular formula is C22H27ClN6O4. The summed E-state index contributed by atoms with van der Waals surface area (Å²) < 4.78 is 12.9. The molecule has 2 aromatic heterocycles. The molecule has 0 unspecified atom stereocenters. The van der Waals surface area contributed by atoms with Gasteiger partial charge in [-0.15, -0.1) is 0 Å². The molecule has 1 aliphatic heterocycles. The standard InChI is InChI=1S/C22H27ClN6O4/c1-13(25-20(30)16-11-17(23)28-33-16)10-14-4-6-22(7-5-14)18(26-27-21(31)32-22)19-24-8-9-29(19)12-15-2-3-15/h8-9,11,13-15H,2-7,10,12H2,1H3,(H,25,30)(H,27,31)/t13-,14?,22?/m0/s1. The molecule has 2 fully saturated rings. The first-order chi connectivity index (χ1) is 15.9. The monoisotopic (exact) mass is 474 g/mol. The number of amides is 2. The zero-order valence-corrected chi connectivity index (χ0v) is 19.2. The SMILES string of the molecule is C[C@@H](CC1CCC2(CC1)OC(=O)NN=C2c1nccn1CC1CC1)NC(=O)c1cc(Cl)no1. The molecule has 0 bridgehead atoms. The molecule has 176 valence electrons. The molecular weight excluding hydrogens is 448 g/mol. The predicted molar refractivity (Wildman–Crippen MR) is 119 cm³/mol. The minimum atomic E-state index is -0.769. The number of nitrogens with one attached hydrogen (secondary N) is 2. The third-order valence-corrected chi connectivity index (χ3v) is 6.92. The molecule has 0 saturated heterocycles. The minimum Gasteiger partial charge on any atom is -0.435 e. The van der Waals surface area contributed by atoms with Crippen LogP contribution in [0, 0.1) is 11.8 Å². The summed E-state index contributed by atoms with van der Waals surface area (Å²) in [6.45, 7) is 2.88. The van der Waals surface area contributed by atoms with Crippen LogP contribution < -0.4 is 10.7 Å². The van der Waals surface area contributed by atoms with E-state index >= 15 is 0 Å². The second-order valence-electron chi connectivity index (χ2n) is 9.37. The van der Waals surface area contributed by atoms with E-state index in [4.69, 9.17) is 20.9 Å². The summed E-state index contributed by atoms with van der Waals surface area (Å²) in [5.74, 6) is 1.60. The highest BCUT2D eigenvalue weighted by Crippen LogP contribution is 2.41. The fourth-order valence-electron chi connectivity index (χ4n) is 4.89. The van der Waals surface area contributed by atoms with Crippen molar-refractivity contribution in [2.45, 2.75) is 70.1 Å². The van der Waals surface area contributed by atoms with Crippen molar-refractivity contribution in [3.8, 4) is 0 Å². The van der Waals surface area contributed by atoms with Crippen molar-refractivity contribution in [1.29, 1.82) is 0 Å². The molecule has 2 aliphatic carbocycles. The van der Waals surface area contributed by atoms with Crippen LogP contribution >= 0.6 is 11.6 Å². The molecule has 3 heterocycles. The molecule has 1 atom stereocenters. The lowest BCUT2D eigenvalue weighted by Gasteiger charge is -2.41. The van der Waals surface area contributed by atoms with Gasteiger partial charge in [-0.25, -0.2) is 15.2 Å². The second kappa shape index (κ2) is 8.81. The maximum atomic E-state index is 12.3. The number of hydrazone groups is 1. The van der Waals surface area contributed by atoms with Gasteiger partial charge >= 0.3 is 6.09 Å². The first-order valence-electron chi connectivity index (χ1n) is 11.4. The summed E-state index contributed by atoms with van der Waals surface area (Å²) in [7, 11) is 0. The Labute approximate surface area is 196 Å². The zero-order chi connectivity index (χ0) is 23.0. The van der Waals surface area contributed by atoms with E-state index in [1.165, 1.54) is 18.9 Å². The third-order valence-electron chi connectivity index (χ3n) is 6.74. The van der Waals surface area contributed by atoms with Crippen LogP contribution in [-0.4, -0.2) is 44.1 Å². The van der Waals surface area contributed by atoms with Crippen LogP contribution in [0.4, 0.5) is 4.79 Å². The van der Waals surface area contributed by atoms with Crippen LogP contribution in [0.1, 0.15) is 68.2 Å². The molecule has 2 aromatic rings. The fourth-order valence-corrected chi connectivity index (χ4v) is 5.02. The highest BCUT2D eigenvalue weighted by atomic mass is 35.5. The smallest absolute Gasteiger partial charge is 0.428 e. The number of halogens is 1. The average molecular weight is 475 g/mol. The number of imidazole rings is 1. The Morgan fingerprint density at radius 1 is 1.33 bits per heavy atom. The number of carbonyl (C=O) groups is 2. The Kier molecular flexibility index (Phi) is 5.86. The van der Waals surface area contributed by atoms with Gasteiger partial charge in [0.15, 0.2) is 16.6 Å². The van der Waals surface area contributed by atoms with Gasteiger partial charge in [-0.3, -0.25) is 4.79 Å². The van der Waals surface area contributed by atoms with Crippen molar-refractivity contribution >= 4 is 29.3 Å². The van der Waals surface area contributed by atoms with E-state index in [1.54, 1.807) is 6.20 Å². The summed E-state index contributed by atoms with van der Waals surface area (Å²) in [5, 5.41) is 11.0. The van der Waals surface area contributed by atoms with Crippen molar-refractivity contribution in [2.24, 2.45) is 16.9 Å². The van der Waals surface area contributed by atoms with Gasteiger partial charge in [-0.2, -0.15) is 5.10 Å². The molecule has 3 aliphatic rings. The van der Waals surface area contributed by atoms with Crippen LogP contribution in [0.5, 0.6) is 0 Å². The number of carbonyl (C=O) groups excluding carboxylic acids is 2. The fraction of sp³-hybridized carbons (Fsp3) is 0.591. The first kappa shape index (κ1) is 21.9. The van der Waals surface area contributed by atoms with E-state index in [9.17, 15) is 9.59 Å². The van der Waals surface area contributed by atoms with Gasteiger partial charge in [-0.05, 0) is 63.7 Å². The van der Waals surface area contributed by atoms with E-state index in [2.05, 4.69) is 30.6 Å². The Bertz CT molecular complexity index is 1070. The van der Waals surface area contributed by atoms with E-state index in [1.807, 2.05) is 13.1 Å². The van der Waals surface area contributed by atoms with Crippen molar-refractivity contribution in [3.63, 3.8) is 0 Å². The lowest BCUT2D eigenvalue weighted by atomic mass is 9.74. The van der Waals surface area contributed by atoms with Crippen LogP contribution in [0.25, 0.3) is 0 Å². The number of aromatic nitrogens is 3. The van der Waals surface area contributed by atoms with Crippen LogP contribution in [0.2, 0.25) is 5.15 Å². The Hall–Kier alpha value is -2.88. The second-order valence-corrected chi connectivity index (χ2v) is 9.76. The number of ether oxygens (including phenoxy) is 1. The van der Waals surface area contributed by atoms with Crippen molar-refractivity contribution in [2.75, 3.05) is 0 Å². The van der Waals surface area contributed by atoms with Gasteiger partial charge in [0.2, 0.25) is 5.76 Å². The van der Waals surface area contributed by atoms with Gasteiger partial charge < -0.3 is 19.1 Å². The van der Waals surface area contributed by atoms with Crippen molar-refractivity contribution < 1.29 is 18.8 Å². The van der Waals surface area contributed by atoms with E-state index in [-0.39, 0.29) is 22.9 Å². The Balaban J connectivity index is 1.23. The number of rotatable bonds is 7. The molecule has 2 N–H and O–H groups in total. The van der Waals surface area contributed by atoms with E-state index in [0.29, 0.717) is 30.4 Å². The Morgan fingerprint density at radius 3 is 2.82 bits per heavy atom. The topological polar surface area (TPSA) is 124 Å². The normalized spacial score (nSPS) is 25.8. The summed E-state index contributed by atoms with van der Waals surface area (Å²) in [6.07, 6.45) is 9.54. The predicted octanol–water partition coefficient (Wildman–Crippen LogP) is 3.52. The highest BCUT2D eigenvalue weighted by molar-refractivity contribution is 6.29. The number of hydrogen-bond acceptors (Lipinski definition) is 7. The zero-order valence-electron chi connectivity index (χ0n) is 18.4. The van der Waals surface area contributed by atoms with Crippen LogP contribution in [0.3, 0.4) is 0 Å². The molecule has 10 nitrogen and oxygen atoms in total. The van der Waals surface area contributed by atoms with Gasteiger partial charge in [0, 0.05) is 31.0 Å². The number of hydrogen-bond donors (Lipinski definition) is 2. The van der Waals surface area contributed by atoms with Crippen molar-refractivity contribution in [3.05, 3.63) is 35.2 Å². The van der Waals surface area contributed by atoms with Crippen LogP contribution in [0.15, 0.2) is 28.1 Å². The van der Waals surface area contributed by atoms with Crippen LogP contribution in [-0.2, 0) is 11.3 Å². The molecule has 2 saturated carbocycles. The van der Waals surface area contributed by atoms with E-state index < -0.39 is 11.7 Å². The first-order valence-corrected chi connectivity index (χ1v) is 11.8. The highest BCUT2D eigenvalue weighted by Gasteiger charge is 2.48. The molecule has 0 aromatic carbocycles. The quantitative estimate of drug-likeness (QED) is 0.632. The summed E-state index contributed by atoms with van der Waals surface area (Å²) in [6, 6.07) is 1.34. The maximum absolute atomic E-state index is 12.3. The lowest BCUT2D eigenvalue weighted by molar-refractivity contribution is 0.0149. The Morgan fingerprint density at radius 2 is 2.12 bits per heavy atom. The molecule has 5 rings (SSSR count). The summed E-state index contributed by atoms with van der Waals surface area (Å²) in [5.41, 5.74) is 2.41. The van der Waals surface area contributed by atoms with Gasteiger partial charge in [-0.1, -0.05) is 16.8 Å². The molecule has 33 heavy (non-hydrogen) atoms. The largest absolute Gasteiger partial charge is 0.435 e. The summed E-state index contributed by atoms with van der Waals surface area (Å²) >= 11 is 5.72. The summed E-state index contributed by atoms with van der Waals surface area (Å²) in [4.78, 5) is 28.9.